The average Bonchev–Trinajstić information content (AvgIpc) is 2.76. The maximum Gasteiger partial charge on any atom is 0.410 e. The first-order valence-corrected chi connectivity index (χ1v) is 10.9. The number of ketones is 1. The first-order chi connectivity index (χ1) is 15.9. The number of hydrogen-bond acceptors (Lipinski definition) is 5. The van der Waals surface area contributed by atoms with E-state index in [0.29, 0.717) is 23.3 Å². The van der Waals surface area contributed by atoms with E-state index < -0.39 is 40.7 Å². The Hall–Kier alpha value is -3.55. The summed E-state index contributed by atoms with van der Waals surface area (Å²) >= 11 is 0. The number of halogens is 2. The van der Waals surface area contributed by atoms with Crippen molar-refractivity contribution in [3.8, 4) is 5.88 Å². The van der Waals surface area contributed by atoms with Gasteiger partial charge in [-0.2, -0.15) is 0 Å². The predicted molar refractivity (Wildman–Crippen MR) is 125 cm³/mol. The first kappa shape index (κ1) is 25.1. The highest BCUT2D eigenvalue weighted by atomic mass is 19.1. The van der Waals surface area contributed by atoms with Crippen LogP contribution in [0.3, 0.4) is 0 Å². The van der Waals surface area contributed by atoms with Gasteiger partial charge >= 0.3 is 6.09 Å². The van der Waals surface area contributed by atoms with Gasteiger partial charge in [0.05, 0.1) is 18.2 Å². The maximum atomic E-state index is 15.1. The predicted octanol–water partition coefficient (Wildman–Crippen LogP) is 6.07. The van der Waals surface area contributed by atoms with Gasteiger partial charge in [0.25, 0.3) is 0 Å². The van der Waals surface area contributed by atoms with E-state index in [4.69, 9.17) is 9.47 Å². The third kappa shape index (κ3) is 5.16. The van der Waals surface area contributed by atoms with E-state index in [1.807, 2.05) is 6.92 Å². The fraction of sp³-hybridized carbons (Fsp3) is 0.346. The van der Waals surface area contributed by atoms with Crippen LogP contribution in [0, 0.1) is 11.6 Å². The van der Waals surface area contributed by atoms with Crippen molar-refractivity contribution in [1.29, 1.82) is 0 Å². The normalized spacial score (nSPS) is 12.4. The summed E-state index contributed by atoms with van der Waals surface area (Å²) in [6.07, 6.45) is 0.851. The number of amides is 1. The summed E-state index contributed by atoms with van der Waals surface area (Å²) < 4.78 is 41.0. The molecule has 0 bridgehead atoms. The van der Waals surface area contributed by atoms with Gasteiger partial charge in [0.2, 0.25) is 5.88 Å². The van der Waals surface area contributed by atoms with Crippen molar-refractivity contribution in [3.05, 3.63) is 70.9 Å². The van der Waals surface area contributed by atoms with Crippen LogP contribution in [0.25, 0.3) is 10.8 Å². The Labute approximate surface area is 197 Å². The Balaban J connectivity index is 1.98. The molecule has 180 valence electrons. The number of carbonyl (C=O) groups excluding carboxylic acids is 2. The fourth-order valence-corrected chi connectivity index (χ4v) is 3.53. The number of hydrogen-bond donors (Lipinski definition) is 0. The Kier molecular flexibility index (Phi) is 7.19. The minimum absolute atomic E-state index is 0.130. The van der Waals surface area contributed by atoms with Gasteiger partial charge in [-0.15, -0.1) is 0 Å². The Morgan fingerprint density at radius 2 is 1.74 bits per heavy atom. The van der Waals surface area contributed by atoms with Crippen LogP contribution in [0.1, 0.15) is 62.1 Å². The molecule has 3 aromatic rings. The molecule has 0 aliphatic heterocycles. The SMILES string of the molecule is CCOc1nccc2c(C(=O)c3c(F)cc(C(C)N(C)C(=O)OC(C)(C)C)cc3F)cccc12. The molecule has 0 spiro atoms. The second-order valence-electron chi connectivity index (χ2n) is 8.91. The Bertz CT molecular complexity index is 1210. The van der Waals surface area contributed by atoms with Crippen molar-refractivity contribution in [2.24, 2.45) is 0 Å². The highest BCUT2D eigenvalue weighted by Crippen LogP contribution is 2.30. The molecule has 1 heterocycles. The smallest absolute Gasteiger partial charge is 0.410 e. The van der Waals surface area contributed by atoms with Crippen molar-refractivity contribution < 1.29 is 27.8 Å². The number of nitrogens with zero attached hydrogens (tertiary/aromatic N) is 2. The molecule has 0 fully saturated rings. The van der Waals surface area contributed by atoms with Gasteiger partial charge in [-0.3, -0.25) is 4.79 Å². The highest BCUT2D eigenvalue weighted by molar-refractivity contribution is 6.17. The summed E-state index contributed by atoms with van der Waals surface area (Å²) in [4.78, 5) is 31.0. The van der Waals surface area contributed by atoms with Crippen molar-refractivity contribution in [2.75, 3.05) is 13.7 Å². The van der Waals surface area contributed by atoms with E-state index in [2.05, 4.69) is 4.98 Å². The third-order valence-electron chi connectivity index (χ3n) is 5.33. The number of rotatable bonds is 6. The van der Waals surface area contributed by atoms with Crippen LogP contribution >= 0.6 is 0 Å². The van der Waals surface area contributed by atoms with E-state index in [1.54, 1.807) is 45.9 Å². The van der Waals surface area contributed by atoms with E-state index >= 15 is 8.78 Å². The number of ether oxygens (including phenoxy) is 2. The standard InChI is InChI=1S/C26H28F2N2O4/c1-7-33-24-19-10-8-9-18(17(19)11-12-29-24)23(31)22-20(27)13-16(14-21(22)28)15(2)30(6)25(32)34-26(3,4)5/h8-15H,7H2,1-6H3. The van der Waals surface area contributed by atoms with Gasteiger partial charge in [0.1, 0.15) is 17.2 Å². The number of pyridine rings is 1. The highest BCUT2D eigenvalue weighted by Gasteiger charge is 2.27. The quantitative estimate of drug-likeness (QED) is 0.409. The summed E-state index contributed by atoms with van der Waals surface area (Å²) in [6, 6.07) is 7.90. The van der Waals surface area contributed by atoms with E-state index in [1.165, 1.54) is 24.2 Å². The van der Waals surface area contributed by atoms with Crippen LogP contribution < -0.4 is 4.74 Å². The van der Waals surface area contributed by atoms with Gasteiger partial charge in [-0.05, 0) is 69.8 Å². The van der Waals surface area contributed by atoms with Gasteiger partial charge < -0.3 is 14.4 Å². The van der Waals surface area contributed by atoms with Gasteiger partial charge in [-0.1, -0.05) is 12.1 Å². The lowest BCUT2D eigenvalue weighted by Gasteiger charge is -2.29. The van der Waals surface area contributed by atoms with Crippen LogP contribution in [0.5, 0.6) is 5.88 Å². The number of benzene rings is 2. The molecule has 2 aromatic carbocycles. The van der Waals surface area contributed by atoms with Crippen LogP contribution in [-0.4, -0.2) is 41.0 Å². The molecule has 0 saturated heterocycles. The zero-order valence-electron chi connectivity index (χ0n) is 20.1. The van der Waals surface area contributed by atoms with Crippen LogP contribution in [0.4, 0.5) is 13.6 Å². The van der Waals surface area contributed by atoms with Crippen LogP contribution in [0.15, 0.2) is 42.6 Å². The minimum Gasteiger partial charge on any atom is -0.478 e. The first-order valence-electron chi connectivity index (χ1n) is 10.9. The van der Waals surface area contributed by atoms with Gasteiger partial charge in [-0.25, -0.2) is 18.6 Å². The molecule has 8 heteroatoms. The molecule has 6 nitrogen and oxygen atoms in total. The molecule has 0 saturated carbocycles. The topological polar surface area (TPSA) is 68.7 Å². The molecule has 1 atom stereocenters. The van der Waals surface area contributed by atoms with Crippen molar-refractivity contribution >= 4 is 22.6 Å². The summed E-state index contributed by atoms with van der Waals surface area (Å²) in [7, 11) is 1.48. The molecule has 0 N–H and O–H groups in total. The molecular formula is C26H28F2N2O4. The monoisotopic (exact) mass is 470 g/mol. The number of aromatic nitrogens is 1. The lowest BCUT2D eigenvalue weighted by Crippen LogP contribution is -2.35. The Morgan fingerprint density at radius 3 is 2.32 bits per heavy atom. The molecule has 1 unspecified atom stereocenters. The average molecular weight is 471 g/mol. The zero-order valence-corrected chi connectivity index (χ0v) is 20.1. The molecule has 1 aromatic heterocycles. The summed E-state index contributed by atoms with van der Waals surface area (Å²) in [5.41, 5.74) is -1.06. The second kappa shape index (κ2) is 9.75. The van der Waals surface area contributed by atoms with Gasteiger partial charge in [0.15, 0.2) is 5.78 Å². The number of fused-ring (bicyclic) bond motifs is 1. The second-order valence-corrected chi connectivity index (χ2v) is 8.91. The summed E-state index contributed by atoms with van der Waals surface area (Å²) in [5.74, 6) is -2.49. The fourth-order valence-electron chi connectivity index (χ4n) is 3.53. The molecular weight excluding hydrogens is 442 g/mol. The Morgan fingerprint density at radius 1 is 1.09 bits per heavy atom. The molecule has 3 rings (SSSR count). The van der Waals surface area contributed by atoms with Gasteiger partial charge in [0, 0.05) is 24.2 Å². The van der Waals surface area contributed by atoms with Crippen molar-refractivity contribution in [3.63, 3.8) is 0 Å². The minimum atomic E-state index is -1.01. The third-order valence-corrected chi connectivity index (χ3v) is 5.33. The van der Waals surface area contributed by atoms with E-state index in [9.17, 15) is 9.59 Å². The summed E-state index contributed by atoms with van der Waals surface area (Å²) in [5, 5.41) is 1.05. The largest absolute Gasteiger partial charge is 0.478 e. The summed E-state index contributed by atoms with van der Waals surface area (Å²) in [6.45, 7) is 8.98. The van der Waals surface area contributed by atoms with E-state index in [0.717, 1.165) is 12.1 Å². The zero-order chi connectivity index (χ0) is 25.2. The lowest BCUT2D eigenvalue weighted by molar-refractivity contribution is 0.0233. The maximum absolute atomic E-state index is 15.1. The molecule has 0 aliphatic carbocycles. The number of carbonyl (C=O) groups is 2. The molecule has 34 heavy (non-hydrogen) atoms. The van der Waals surface area contributed by atoms with Crippen molar-refractivity contribution in [1.82, 2.24) is 9.88 Å². The van der Waals surface area contributed by atoms with E-state index in [-0.39, 0.29) is 11.1 Å². The van der Waals surface area contributed by atoms with Crippen LogP contribution in [0.2, 0.25) is 0 Å². The molecule has 0 radical (unpaired) electrons. The molecule has 1 amide bonds. The lowest BCUT2D eigenvalue weighted by atomic mass is 9.95. The van der Waals surface area contributed by atoms with Crippen molar-refractivity contribution in [2.45, 2.75) is 46.3 Å². The van der Waals surface area contributed by atoms with Crippen LogP contribution in [-0.2, 0) is 4.74 Å². The molecule has 0 aliphatic rings.